The number of thioether (sulfide) groups is 1. The van der Waals surface area contributed by atoms with Crippen LogP contribution < -0.4 is 11.3 Å². The van der Waals surface area contributed by atoms with Crippen LogP contribution in [0.1, 0.15) is 19.0 Å². The summed E-state index contributed by atoms with van der Waals surface area (Å²) in [6, 6.07) is 7.16. The third-order valence-corrected chi connectivity index (χ3v) is 3.98. The van der Waals surface area contributed by atoms with Gasteiger partial charge in [-0.2, -0.15) is 11.8 Å². The van der Waals surface area contributed by atoms with Crippen molar-refractivity contribution in [2.45, 2.75) is 24.3 Å². The van der Waals surface area contributed by atoms with Crippen LogP contribution in [0.5, 0.6) is 0 Å². The first-order valence-electron chi connectivity index (χ1n) is 5.99. The molecule has 5 heteroatoms. The molecule has 1 atom stereocenters. The van der Waals surface area contributed by atoms with Crippen molar-refractivity contribution < 1.29 is 0 Å². The molecule has 4 nitrogen and oxygen atoms in total. The van der Waals surface area contributed by atoms with Gasteiger partial charge in [0.2, 0.25) is 0 Å². The predicted octanol–water partition coefficient (Wildman–Crippen LogP) is 1.66. The van der Waals surface area contributed by atoms with Crippen molar-refractivity contribution in [2.75, 3.05) is 6.54 Å². The number of pyridine rings is 1. The molecule has 1 unspecified atom stereocenters. The molecule has 0 saturated heterocycles. The molecular formula is C13H17N3OS. The average Bonchev–Trinajstić information content (AvgIpc) is 2.37. The lowest BCUT2D eigenvalue weighted by atomic mass is 10.3. The van der Waals surface area contributed by atoms with E-state index in [1.165, 1.54) is 0 Å². The Morgan fingerprint density at radius 3 is 3.11 bits per heavy atom. The first-order chi connectivity index (χ1) is 8.70. The van der Waals surface area contributed by atoms with Crippen molar-refractivity contribution in [1.29, 1.82) is 0 Å². The molecule has 0 fully saturated rings. The third kappa shape index (κ3) is 3.11. The predicted molar refractivity (Wildman–Crippen MR) is 75.9 cm³/mol. The molecule has 0 aromatic carbocycles. The minimum absolute atomic E-state index is 0.0253. The van der Waals surface area contributed by atoms with Crippen LogP contribution in [0.15, 0.2) is 35.3 Å². The van der Waals surface area contributed by atoms with Gasteiger partial charge in [-0.05, 0) is 25.1 Å². The van der Waals surface area contributed by atoms with E-state index in [0.29, 0.717) is 17.4 Å². The smallest absolute Gasteiger partial charge is 0.258 e. The number of rotatable bonds is 5. The van der Waals surface area contributed by atoms with E-state index in [0.717, 1.165) is 17.9 Å². The van der Waals surface area contributed by atoms with Crippen LogP contribution in [0.25, 0.3) is 5.65 Å². The first-order valence-corrected chi connectivity index (χ1v) is 7.04. The number of nitrogens with zero attached hydrogens (tertiary/aromatic N) is 2. The summed E-state index contributed by atoms with van der Waals surface area (Å²) in [5.41, 5.74) is 7.02. The number of fused-ring (bicyclic) bond motifs is 1. The van der Waals surface area contributed by atoms with E-state index in [9.17, 15) is 4.79 Å². The molecular weight excluding hydrogens is 246 g/mol. The summed E-state index contributed by atoms with van der Waals surface area (Å²) in [5, 5.41) is 0.492. The van der Waals surface area contributed by atoms with Gasteiger partial charge in [-0.3, -0.25) is 9.20 Å². The summed E-state index contributed by atoms with van der Waals surface area (Å²) < 4.78 is 1.55. The standard InChI is InChI=1S/C13H17N3OS/c1-10(5-6-14)18-9-11-8-13(17)16-7-3-2-4-12(16)15-11/h2-4,7-8,10H,5-6,9,14H2,1H3. The fraction of sp³-hybridized carbons (Fsp3) is 0.385. The maximum absolute atomic E-state index is 11.9. The zero-order valence-electron chi connectivity index (χ0n) is 10.4. The number of aromatic nitrogens is 2. The Hall–Kier alpha value is -1.33. The summed E-state index contributed by atoms with van der Waals surface area (Å²) in [6.07, 6.45) is 2.72. The Balaban J connectivity index is 2.17. The monoisotopic (exact) mass is 263 g/mol. The molecule has 2 heterocycles. The van der Waals surface area contributed by atoms with Gasteiger partial charge in [0.1, 0.15) is 5.65 Å². The minimum atomic E-state index is -0.0253. The van der Waals surface area contributed by atoms with E-state index in [-0.39, 0.29) is 5.56 Å². The molecule has 0 bridgehead atoms. The molecule has 0 aliphatic carbocycles. The van der Waals surface area contributed by atoms with Gasteiger partial charge in [0.25, 0.3) is 5.56 Å². The summed E-state index contributed by atoms with van der Waals surface area (Å²) in [6.45, 7) is 2.84. The van der Waals surface area contributed by atoms with E-state index >= 15 is 0 Å². The summed E-state index contributed by atoms with van der Waals surface area (Å²) in [7, 11) is 0. The second kappa shape index (κ2) is 6.02. The van der Waals surface area contributed by atoms with Gasteiger partial charge in [-0.1, -0.05) is 13.0 Å². The molecule has 0 saturated carbocycles. The molecule has 0 aliphatic heterocycles. The summed E-state index contributed by atoms with van der Waals surface area (Å²) in [4.78, 5) is 16.3. The molecule has 2 aromatic rings. The highest BCUT2D eigenvalue weighted by molar-refractivity contribution is 7.99. The lowest BCUT2D eigenvalue weighted by Gasteiger charge is -2.09. The van der Waals surface area contributed by atoms with E-state index in [4.69, 9.17) is 5.73 Å². The molecule has 2 rings (SSSR count). The Morgan fingerprint density at radius 1 is 1.50 bits per heavy atom. The lowest BCUT2D eigenvalue weighted by Crippen LogP contribution is -2.15. The Kier molecular flexibility index (Phi) is 4.38. The van der Waals surface area contributed by atoms with E-state index in [1.807, 2.05) is 18.2 Å². The molecule has 0 spiro atoms. The topological polar surface area (TPSA) is 60.4 Å². The molecule has 96 valence electrons. The molecule has 2 N–H and O–H groups in total. The maximum atomic E-state index is 11.9. The SMILES string of the molecule is CC(CCN)SCc1cc(=O)n2ccccc2n1. The molecule has 0 amide bonds. The highest BCUT2D eigenvalue weighted by Gasteiger charge is 2.05. The third-order valence-electron chi connectivity index (χ3n) is 2.71. The van der Waals surface area contributed by atoms with Crippen LogP contribution in [-0.4, -0.2) is 21.2 Å². The average molecular weight is 263 g/mol. The van der Waals surface area contributed by atoms with Crippen molar-refractivity contribution in [1.82, 2.24) is 9.38 Å². The fourth-order valence-corrected chi connectivity index (χ4v) is 2.63. The first kappa shape index (κ1) is 13.1. The van der Waals surface area contributed by atoms with Crippen LogP contribution in [0.4, 0.5) is 0 Å². The number of hydrogen-bond acceptors (Lipinski definition) is 4. The van der Waals surface area contributed by atoms with Gasteiger partial charge in [0.15, 0.2) is 0 Å². The fourth-order valence-electron chi connectivity index (χ4n) is 1.72. The van der Waals surface area contributed by atoms with Gasteiger partial charge in [0.05, 0.1) is 5.69 Å². The Bertz CT molecular complexity index is 582. The zero-order valence-corrected chi connectivity index (χ0v) is 11.2. The maximum Gasteiger partial charge on any atom is 0.258 e. The summed E-state index contributed by atoms with van der Waals surface area (Å²) >= 11 is 1.78. The van der Waals surface area contributed by atoms with Gasteiger partial charge in [0, 0.05) is 23.3 Å². The normalized spacial score (nSPS) is 12.8. The van der Waals surface area contributed by atoms with E-state index in [1.54, 1.807) is 28.4 Å². The van der Waals surface area contributed by atoms with Crippen molar-refractivity contribution >= 4 is 17.4 Å². The van der Waals surface area contributed by atoms with Gasteiger partial charge >= 0.3 is 0 Å². The molecule has 0 aliphatic rings. The van der Waals surface area contributed by atoms with E-state index in [2.05, 4.69) is 11.9 Å². The van der Waals surface area contributed by atoms with Crippen molar-refractivity contribution in [2.24, 2.45) is 5.73 Å². The van der Waals surface area contributed by atoms with Crippen LogP contribution >= 0.6 is 11.8 Å². The van der Waals surface area contributed by atoms with Gasteiger partial charge in [-0.25, -0.2) is 4.98 Å². The molecule has 0 radical (unpaired) electrons. The number of nitrogens with two attached hydrogens (primary N) is 1. The highest BCUT2D eigenvalue weighted by atomic mass is 32.2. The summed E-state index contributed by atoms with van der Waals surface area (Å²) in [5.74, 6) is 0.752. The van der Waals surface area contributed by atoms with E-state index < -0.39 is 0 Å². The van der Waals surface area contributed by atoms with Crippen LogP contribution in [0.2, 0.25) is 0 Å². The van der Waals surface area contributed by atoms with Gasteiger partial charge in [-0.15, -0.1) is 0 Å². The second-order valence-electron chi connectivity index (χ2n) is 4.21. The molecule has 18 heavy (non-hydrogen) atoms. The zero-order chi connectivity index (χ0) is 13.0. The van der Waals surface area contributed by atoms with Crippen LogP contribution in [-0.2, 0) is 5.75 Å². The van der Waals surface area contributed by atoms with Crippen LogP contribution in [0.3, 0.4) is 0 Å². The Labute approximate surface area is 110 Å². The van der Waals surface area contributed by atoms with Crippen molar-refractivity contribution in [3.63, 3.8) is 0 Å². The van der Waals surface area contributed by atoms with Gasteiger partial charge < -0.3 is 5.73 Å². The highest BCUT2D eigenvalue weighted by Crippen LogP contribution is 2.18. The molecule has 2 aromatic heterocycles. The largest absolute Gasteiger partial charge is 0.330 e. The van der Waals surface area contributed by atoms with Crippen LogP contribution in [0, 0.1) is 0 Å². The van der Waals surface area contributed by atoms with Crippen molar-refractivity contribution in [3.05, 3.63) is 46.5 Å². The second-order valence-corrected chi connectivity index (χ2v) is 5.64. The van der Waals surface area contributed by atoms with Crippen molar-refractivity contribution in [3.8, 4) is 0 Å². The number of hydrogen-bond donors (Lipinski definition) is 1. The quantitative estimate of drug-likeness (QED) is 0.891. The minimum Gasteiger partial charge on any atom is -0.330 e. The lowest BCUT2D eigenvalue weighted by molar-refractivity contribution is 0.822. The Morgan fingerprint density at radius 2 is 2.33 bits per heavy atom.